The van der Waals surface area contributed by atoms with Crippen LogP contribution in [0.4, 0.5) is 20.2 Å². The molecule has 29 heavy (non-hydrogen) atoms. The van der Waals surface area contributed by atoms with E-state index in [1.54, 1.807) is 0 Å². The third-order valence-corrected chi connectivity index (χ3v) is 4.87. The van der Waals surface area contributed by atoms with E-state index in [4.69, 9.17) is 4.74 Å². The number of hydrogen-bond acceptors (Lipinski definition) is 4. The summed E-state index contributed by atoms with van der Waals surface area (Å²) in [6.07, 6.45) is -0.0215. The fourth-order valence-electron chi connectivity index (χ4n) is 3.16. The normalized spacial score (nSPS) is 16.1. The van der Waals surface area contributed by atoms with Crippen LogP contribution in [0.1, 0.15) is 17.5 Å². The predicted molar refractivity (Wildman–Crippen MR) is 102 cm³/mol. The highest BCUT2D eigenvalue weighted by Gasteiger charge is 2.37. The molecule has 1 atom stereocenters. The molecule has 1 fully saturated rings. The van der Waals surface area contributed by atoms with E-state index in [-0.39, 0.29) is 24.6 Å². The monoisotopic (exact) mass is 402 g/mol. The minimum atomic E-state index is -0.809. The van der Waals surface area contributed by atoms with E-state index in [9.17, 15) is 23.2 Å². The van der Waals surface area contributed by atoms with Gasteiger partial charge in [0, 0.05) is 24.7 Å². The Kier molecular flexibility index (Phi) is 5.91. The number of amides is 2. The van der Waals surface area contributed by atoms with Crippen LogP contribution < -0.4 is 10.2 Å². The summed E-state index contributed by atoms with van der Waals surface area (Å²) < 4.78 is 31.7. The number of anilines is 2. The molecular weight excluding hydrogens is 382 g/mol. The van der Waals surface area contributed by atoms with Crippen molar-refractivity contribution >= 4 is 29.2 Å². The molecule has 2 aromatic carbocycles. The maximum atomic E-state index is 13.6. The minimum Gasteiger partial charge on any atom is -0.455 e. The average molecular weight is 402 g/mol. The lowest BCUT2D eigenvalue weighted by atomic mass is 10.1. The molecule has 2 aromatic rings. The van der Waals surface area contributed by atoms with E-state index < -0.39 is 36.0 Å². The zero-order valence-corrected chi connectivity index (χ0v) is 16.0. The number of aryl methyl sites for hydroxylation is 1. The second kappa shape index (κ2) is 8.38. The first kappa shape index (κ1) is 20.4. The van der Waals surface area contributed by atoms with E-state index in [0.717, 1.165) is 35.0 Å². The number of nitrogens with one attached hydrogen (secondary N) is 1. The number of ether oxygens (including phenoxy) is 1. The zero-order valence-electron chi connectivity index (χ0n) is 16.0. The van der Waals surface area contributed by atoms with Crippen LogP contribution in [0, 0.1) is 31.4 Å². The molecule has 0 radical (unpaired) electrons. The molecule has 1 N–H and O–H groups in total. The van der Waals surface area contributed by atoms with Crippen molar-refractivity contribution in [3.05, 3.63) is 59.2 Å². The number of carbonyl (C=O) groups is 3. The minimum absolute atomic E-state index is 0.0215. The fraction of sp³-hybridized carbons (Fsp3) is 0.286. The van der Waals surface area contributed by atoms with E-state index in [2.05, 4.69) is 5.32 Å². The quantitative estimate of drug-likeness (QED) is 0.780. The summed E-state index contributed by atoms with van der Waals surface area (Å²) in [6.45, 7) is 3.33. The first-order chi connectivity index (χ1) is 13.8. The Bertz CT molecular complexity index is 977. The van der Waals surface area contributed by atoms with Gasteiger partial charge in [-0.25, -0.2) is 8.78 Å². The Balaban J connectivity index is 1.57. The second-order valence-electron chi connectivity index (χ2n) is 6.90. The van der Waals surface area contributed by atoms with Gasteiger partial charge in [-0.3, -0.25) is 14.4 Å². The molecular formula is C21H20F2N2O4. The van der Waals surface area contributed by atoms with Gasteiger partial charge in [-0.1, -0.05) is 12.1 Å². The molecule has 1 aliphatic rings. The number of hydrogen-bond donors (Lipinski definition) is 1. The summed E-state index contributed by atoms with van der Waals surface area (Å²) in [5.74, 6) is -3.93. The Morgan fingerprint density at radius 1 is 1.21 bits per heavy atom. The predicted octanol–water partition coefficient (Wildman–Crippen LogP) is 3.12. The van der Waals surface area contributed by atoms with E-state index in [1.807, 2.05) is 32.0 Å². The van der Waals surface area contributed by atoms with Crippen LogP contribution in [-0.2, 0) is 19.1 Å². The zero-order chi connectivity index (χ0) is 21.1. The molecule has 0 aromatic heterocycles. The lowest BCUT2D eigenvalue weighted by Crippen LogP contribution is -2.28. The summed E-state index contributed by atoms with van der Waals surface area (Å²) >= 11 is 0. The number of benzene rings is 2. The molecule has 1 heterocycles. The third-order valence-electron chi connectivity index (χ3n) is 4.87. The highest BCUT2D eigenvalue weighted by Crippen LogP contribution is 2.29. The Morgan fingerprint density at radius 2 is 1.97 bits per heavy atom. The summed E-state index contributed by atoms with van der Waals surface area (Å²) in [5, 5.41) is 2.15. The fourth-order valence-corrected chi connectivity index (χ4v) is 3.16. The molecule has 0 bridgehead atoms. The number of rotatable bonds is 5. The summed E-state index contributed by atoms with van der Waals surface area (Å²) in [7, 11) is 0. The standard InChI is InChI=1S/C21H20F2N2O4/c1-12-4-3-5-18(13(12)2)25-10-14(8-20(25)27)21(28)29-11-19(26)24-17-9-15(22)6-7-16(17)23/h3-7,9,14H,8,10-11H2,1-2H3,(H,24,26)/t14-/m1/s1. The lowest BCUT2D eigenvalue weighted by molar-refractivity contribution is -0.151. The van der Waals surface area contributed by atoms with Gasteiger partial charge in [0.15, 0.2) is 6.61 Å². The molecule has 152 valence electrons. The molecule has 2 amide bonds. The summed E-state index contributed by atoms with van der Waals surface area (Å²) in [4.78, 5) is 38.1. The van der Waals surface area contributed by atoms with Crippen molar-refractivity contribution < 1.29 is 27.9 Å². The summed E-state index contributed by atoms with van der Waals surface area (Å²) in [6, 6.07) is 8.21. The van der Waals surface area contributed by atoms with Gasteiger partial charge >= 0.3 is 5.97 Å². The average Bonchev–Trinajstić information content (AvgIpc) is 3.06. The highest BCUT2D eigenvalue weighted by molar-refractivity contribution is 6.00. The topological polar surface area (TPSA) is 75.7 Å². The van der Waals surface area contributed by atoms with Crippen LogP contribution in [-0.4, -0.2) is 30.9 Å². The first-order valence-electron chi connectivity index (χ1n) is 9.04. The van der Waals surface area contributed by atoms with Crippen LogP contribution >= 0.6 is 0 Å². The van der Waals surface area contributed by atoms with Gasteiger partial charge in [0.2, 0.25) is 5.91 Å². The highest BCUT2D eigenvalue weighted by atomic mass is 19.1. The van der Waals surface area contributed by atoms with Crippen LogP contribution in [0.3, 0.4) is 0 Å². The van der Waals surface area contributed by atoms with Crippen molar-refractivity contribution in [3.8, 4) is 0 Å². The van der Waals surface area contributed by atoms with Crippen molar-refractivity contribution in [1.82, 2.24) is 0 Å². The first-order valence-corrected chi connectivity index (χ1v) is 9.04. The van der Waals surface area contributed by atoms with Gasteiger partial charge in [-0.05, 0) is 43.2 Å². The van der Waals surface area contributed by atoms with E-state index >= 15 is 0 Å². The van der Waals surface area contributed by atoms with Gasteiger partial charge in [-0.2, -0.15) is 0 Å². The number of esters is 1. The molecule has 0 aliphatic carbocycles. The molecule has 8 heteroatoms. The van der Waals surface area contributed by atoms with Crippen molar-refractivity contribution in [1.29, 1.82) is 0 Å². The van der Waals surface area contributed by atoms with Crippen molar-refractivity contribution in [2.75, 3.05) is 23.4 Å². The van der Waals surface area contributed by atoms with Gasteiger partial charge in [0.25, 0.3) is 5.91 Å². The molecule has 6 nitrogen and oxygen atoms in total. The van der Waals surface area contributed by atoms with E-state index in [0.29, 0.717) is 0 Å². The van der Waals surface area contributed by atoms with Crippen molar-refractivity contribution in [2.45, 2.75) is 20.3 Å². The summed E-state index contributed by atoms with van der Waals surface area (Å²) in [5.41, 5.74) is 2.38. The molecule has 0 spiro atoms. The van der Waals surface area contributed by atoms with Gasteiger partial charge in [0.05, 0.1) is 11.6 Å². The number of carbonyl (C=O) groups excluding carboxylic acids is 3. The lowest BCUT2D eigenvalue weighted by Gasteiger charge is -2.20. The van der Waals surface area contributed by atoms with E-state index in [1.165, 1.54) is 4.90 Å². The second-order valence-corrected chi connectivity index (χ2v) is 6.90. The van der Waals surface area contributed by atoms with Crippen molar-refractivity contribution in [2.24, 2.45) is 5.92 Å². The van der Waals surface area contributed by atoms with Gasteiger partial charge in [0.1, 0.15) is 11.6 Å². The maximum Gasteiger partial charge on any atom is 0.311 e. The van der Waals surface area contributed by atoms with Crippen molar-refractivity contribution in [3.63, 3.8) is 0 Å². The Morgan fingerprint density at radius 3 is 2.72 bits per heavy atom. The molecule has 1 saturated heterocycles. The molecule has 3 rings (SSSR count). The number of halogens is 2. The number of nitrogens with zero attached hydrogens (tertiary/aromatic N) is 1. The maximum absolute atomic E-state index is 13.6. The van der Waals surface area contributed by atoms with Crippen LogP contribution in [0.2, 0.25) is 0 Å². The Hall–Kier alpha value is -3.29. The third kappa shape index (κ3) is 4.59. The van der Waals surface area contributed by atoms with Crippen LogP contribution in [0.5, 0.6) is 0 Å². The largest absolute Gasteiger partial charge is 0.455 e. The van der Waals surface area contributed by atoms with Crippen LogP contribution in [0.15, 0.2) is 36.4 Å². The molecule has 0 saturated carbocycles. The smallest absolute Gasteiger partial charge is 0.311 e. The van der Waals surface area contributed by atoms with Crippen LogP contribution in [0.25, 0.3) is 0 Å². The molecule has 0 unspecified atom stereocenters. The SMILES string of the molecule is Cc1cccc(N2C[C@H](C(=O)OCC(=O)Nc3cc(F)ccc3F)CC2=O)c1C. The molecule has 1 aliphatic heterocycles. The van der Waals surface area contributed by atoms with Gasteiger partial charge in [-0.15, -0.1) is 0 Å². The Labute approximate surface area is 166 Å². The van der Waals surface area contributed by atoms with Gasteiger partial charge < -0.3 is 15.0 Å².